The van der Waals surface area contributed by atoms with Crippen molar-refractivity contribution in [3.63, 3.8) is 0 Å². The van der Waals surface area contributed by atoms with Crippen molar-refractivity contribution in [3.8, 4) is 0 Å². The van der Waals surface area contributed by atoms with Gasteiger partial charge in [0.05, 0.1) is 12.2 Å². The summed E-state index contributed by atoms with van der Waals surface area (Å²) >= 11 is 0. The predicted molar refractivity (Wildman–Crippen MR) is 79.0 cm³/mol. The highest BCUT2D eigenvalue weighted by molar-refractivity contribution is 4.78. The van der Waals surface area contributed by atoms with Gasteiger partial charge in [-0.15, -0.1) is 0 Å². The van der Waals surface area contributed by atoms with E-state index in [4.69, 9.17) is 4.74 Å². The maximum absolute atomic E-state index is 6.25. The molecule has 2 nitrogen and oxygen atoms in total. The van der Waals surface area contributed by atoms with Crippen LogP contribution in [0.4, 0.5) is 0 Å². The first kappa shape index (κ1) is 16.0. The zero-order valence-corrected chi connectivity index (χ0v) is 13.0. The first-order valence-corrected chi connectivity index (χ1v) is 8.19. The molecule has 2 rings (SSSR count). The third kappa shape index (κ3) is 4.89. The minimum atomic E-state index is 0.559. The largest absolute Gasteiger partial charge is 0.375 e. The van der Waals surface area contributed by atoms with Crippen LogP contribution in [0.15, 0.2) is 0 Å². The Hall–Kier alpha value is -0.0800. The molecular weight excluding hydrogens is 222 g/mol. The third-order valence-electron chi connectivity index (χ3n) is 4.44. The molecule has 2 fully saturated rings. The fraction of sp³-hybridized carbons (Fsp3) is 1.00. The summed E-state index contributed by atoms with van der Waals surface area (Å²) in [6, 6.07) is 0. The summed E-state index contributed by atoms with van der Waals surface area (Å²) in [7, 11) is 0. The van der Waals surface area contributed by atoms with E-state index in [2.05, 4.69) is 18.7 Å². The molecule has 0 aromatic carbocycles. The average molecular weight is 255 g/mol. The van der Waals surface area contributed by atoms with Gasteiger partial charge in [0.25, 0.3) is 0 Å². The second kappa shape index (κ2) is 8.92. The van der Waals surface area contributed by atoms with Crippen LogP contribution in [0.5, 0.6) is 0 Å². The minimum Gasteiger partial charge on any atom is -0.375 e. The number of nitrogens with zero attached hydrogens (tertiary/aromatic N) is 1. The SMILES string of the molecule is CC.CCC1CC[C@@H](OC2CCN(CC)CC2)C1. The van der Waals surface area contributed by atoms with Gasteiger partial charge in [0.1, 0.15) is 0 Å². The van der Waals surface area contributed by atoms with Gasteiger partial charge in [0.15, 0.2) is 0 Å². The van der Waals surface area contributed by atoms with Crippen LogP contribution in [-0.4, -0.2) is 36.7 Å². The summed E-state index contributed by atoms with van der Waals surface area (Å²) < 4.78 is 6.25. The fourth-order valence-corrected chi connectivity index (χ4v) is 3.16. The third-order valence-corrected chi connectivity index (χ3v) is 4.44. The first-order chi connectivity index (χ1) is 8.81. The Morgan fingerprint density at radius 3 is 2.11 bits per heavy atom. The Morgan fingerprint density at radius 2 is 1.61 bits per heavy atom. The van der Waals surface area contributed by atoms with Crippen molar-refractivity contribution in [3.05, 3.63) is 0 Å². The Morgan fingerprint density at radius 1 is 0.944 bits per heavy atom. The molecule has 108 valence electrons. The van der Waals surface area contributed by atoms with Crippen LogP contribution in [0.3, 0.4) is 0 Å². The van der Waals surface area contributed by atoms with Gasteiger partial charge < -0.3 is 9.64 Å². The number of hydrogen-bond acceptors (Lipinski definition) is 2. The van der Waals surface area contributed by atoms with E-state index in [9.17, 15) is 0 Å². The molecule has 0 amide bonds. The first-order valence-electron chi connectivity index (χ1n) is 8.19. The van der Waals surface area contributed by atoms with Crippen molar-refractivity contribution in [2.45, 2.75) is 78.4 Å². The lowest BCUT2D eigenvalue weighted by Gasteiger charge is -2.32. The van der Waals surface area contributed by atoms with Crippen LogP contribution in [0.25, 0.3) is 0 Å². The van der Waals surface area contributed by atoms with Gasteiger partial charge in [-0.1, -0.05) is 34.1 Å². The van der Waals surface area contributed by atoms with Gasteiger partial charge in [-0.3, -0.25) is 0 Å². The number of hydrogen-bond donors (Lipinski definition) is 0. The van der Waals surface area contributed by atoms with Gasteiger partial charge in [0.2, 0.25) is 0 Å². The second-order valence-electron chi connectivity index (χ2n) is 5.48. The lowest BCUT2D eigenvalue weighted by molar-refractivity contribution is -0.0398. The average Bonchev–Trinajstić information content (AvgIpc) is 2.89. The maximum atomic E-state index is 6.25. The molecule has 0 radical (unpaired) electrons. The molecule has 0 aromatic heterocycles. The number of rotatable bonds is 4. The Bertz CT molecular complexity index is 199. The van der Waals surface area contributed by atoms with E-state index in [1.807, 2.05) is 13.8 Å². The smallest absolute Gasteiger partial charge is 0.0603 e. The Labute approximate surface area is 114 Å². The molecule has 0 spiro atoms. The van der Waals surface area contributed by atoms with E-state index < -0.39 is 0 Å². The molecule has 0 aromatic rings. The number of likely N-dealkylation sites (tertiary alicyclic amines) is 1. The lowest BCUT2D eigenvalue weighted by atomic mass is 10.1. The highest BCUT2D eigenvalue weighted by atomic mass is 16.5. The molecular formula is C16H33NO. The maximum Gasteiger partial charge on any atom is 0.0603 e. The van der Waals surface area contributed by atoms with Crippen LogP contribution in [0.2, 0.25) is 0 Å². The summed E-state index contributed by atoms with van der Waals surface area (Å²) in [5, 5.41) is 0. The van der Waals surface area contributed by atoms with E-state index in [0.29, 0.717) is 12.2 Å². The standard InChI is InChI=1S/C14H27NO.C2H6/c1-3-12-5-6-14(11-12)16-13-7-9-15(4-2)10-8-13;1-2/h12-14H,3-11H2,1-2H3;1-2H3/t12?,14-;/m1./s1. The van der Waals surface area contributed by atoms with Crippen molar-refractivity contribution in [2.24, 2.45) is 5.92 Å². The molecule has 2 atom stereocenters. The van der Waals surface area contributed by atoms with E-state index in [1.54, 1.807) is 0 Å². The van der Waals surface area contributed by atoms with Crippen molar-refractivity contribution in [2.75, 3.05) is 19.6 Å². The summed E-state index contributed by atoms with van der Waals surface area (Å²) in [5.41, 5.74) is 0. The zero-order chi connectivity index (χ0) is 13.4. The number of ether oxygens (including phenoxy) is 1. The Balaban J connectivity index is 0.000000771. The fourth-order valence-electron chi connectivity index (χ4n) is 3.16. The van der Waals surface area contributed by atoms with Crippen molar-refractivity contribution >= 4 is 0 Å². The van der Waals surface area contributed by atoms with Crippen molar-refractivity contribution < 1.29 is 4.74 Å². The molecule has 1 aliphatic carbocycles. The molecule has 1 saturated carbocycles. The predicted octanol–water partition coefficient (Wildman–Crippen LogP) is 4.09. The van der Waals surface area contributed by atoms with Gasteiger partial charge in [0, 0.05) is 13.1 Å². The van der Waals surface area contributed by atoms with Gasteiger partial charge >= 0.3 is 0 Å². The second-order valence-corrected chi connectivity index (χ2v) is 5.48. The van der Waals surface area contributed by atoms with Crippen LogP contribution >= 0.6 is 0 Å². The monoisotopic (exact) mass is 255 g/mol. The van der Waals surface area contributed by atoms with Crippen LogP contribution in [0, 0.1) is 5.92 Å². The van der Waals surface area contributed by atoms with Crippen LogP contribution in [-0.2, 0) is 4.74 Å². The topological polar surface area (TPSA) is 12.5 Å². The molecule has 1 aliphatic heterocycles. The summed E-state index contributed by atoms with van der Waals surface area (Å²) in [5.74, 6) is 0.945. The van der Waals surface area contributed by atoms with Crippen LogP contribution in [0.1, 0.15) is 66.2 Å². The normalized spacial score (nSPS) is 30.0. The quantitative estimate of drug-likeness (QED) is 0.750. The molecule has 1 unspecified atom stereocenters. The molecule has 0 bridgehead atoms. The molecule has 2 aliphatic rings. The Kier molecular flexibility index (Phi) is 7.92. The van der Waals surface area contributed by atoms with Crippen molar-refractivity contribution in [1.82, 2.24) is 4.90 Å². The molecule has 0 N–H and O–H groups in total. The van der Waals surface area contributed by atoms with E-state index in [-0.39, 0.29) is 0 Å². The summed E-state index contributed by atoms with van der Waals surface area (Å²) in [4.78, 5) is 2.53. The summed E-state index contributed by atoms with van der Waals surface area (Å²) in [6.45, 7) is 12.3. The number of piperidine rings is 1. The minimum absolute atomic E-state index is 0.559. The molecule has 1 saturated heterocycles. The van der Waals surface area contributed by atoms with E-state index in [1.165, 1.54) is 58.2 Å². The summed E-state index contributed by atoms with van der Waals surface area (Å²) in [6.07, 6.45) is 9.02. The lowest BCUT2D eigenvalue weighted by Crippen LogP contribution is -2.38. The van der Waals surface area contributed by atoms with Crippen molar-refractivity contribution in [1.29, 1.82) is 0 Å². The molecule has 1 heterocycles. The molecule has 18 heavy (non-hydrogen) atoms. The zero-order valence-electron chi connectivity index (χ0n) is 13.0. The van der Waals surface area contributed by atoms with Gasteiger partial charge in [-0.2, -0.15) is 0 Å². The highest BCUT2D eigenvalue weighted by Crippen LogP contribution is 2.31. The van der Waals surface area contributed by atoms with Gasteiger partial charge in [-0.25, -0.2) is 0 Å². The van der Waals surface area contributed by atoms with E-state index >= 15 is 0 Å². The highest BCUT2D eigenvalue weighted by Gasteiger charge is 2.27. The molecule has 2 heteroatoms. The van der Waals surface area contributed by atoms with Crippen LogP contribution < -0.4 is 0 Å². The van der Waals surface area contributed by atoms with E-state index in [0.717, 1.165) is 5.92 Å². The van der Waals surface area contributed by atoms with Gasteiger partial charge in [-0.05, 0) is 44.6 Å².